The van der Waals surface area contributed by atoms with E-state index in [9.17, 15) is 0 Å². The summed E-state index contributed by atoms with van der Waals surface area (Å²) >= 11 is 9.54. The van der Waals surface area contributed by atoms with Crippen molar-refractivity contribution < 1.29 is 4.74 Å². The molecule has 0 saturated carbocycles. The van der Waals surface area contributed by atoms with Crippen LogP contribution in [0.4, 0.5) is 5.69 Å². The lowest BCUT2D eigenvalue weighted by atomic mass is 10.0. The number of benzene rings is 3. The average molecular weight is 582 g/mol. The number of pyridine rings is 1. The maximum atomic E-state index is 6.07. The number of nitrogens with zero attached hydrogens (tertiary/aromatic N) is 3. The second-order valence-corrected chi connectivity index (χ2v) is 10.5. The van der Waals surface area contributed by atoms with Crippen LogP contribution in [0.15, 0.2) is 120 Å². The molecule has 7 heteroatoms. The van der Waals surface area contributed by atoms with Gasteiger partial charge in [-0.05, 0) is 98.0 Å². The summed E-state index contributed by atoms with van der Waals surface area (Å²) in [7, 11) is 0. The topological polar surface area (TPSA) is 42.3 Å². The van der Waals surface area contributed by atoms with Gasteiger partial charge in [0.05, 0.1) is 11.7 Å². The molecule has 5 nitrogen and oxygen atoms in total. The number of rotatable bonds is 6. The number of halogens is 1. The van der Waals surface area contributed by atoms with Crippen LogP contribution >= 0.6 is 28.1 Å². The van der Waals surface area contributed by atoms with Crippen LogP contribution < -0.4 is 15.0 Å². The molecule has 5 aromatic rings. The Morgan fingerprint density at radius 3 is 2.32 bits per heavy atom. The van der Waals surface area contributed by atoms with Gasteiger partial charge in [0, 0.05) is 33.9 Å². The molecule has 3 aromatic carbocycles. The SMILES string of the molecule is Cc1ccc(Oc2ccc(N3C(=S)N[C@@H](c4ccccn4)[C@H]3c3cccn3-c3cccc(Br)c3)cc2)cc1. The standard InChI is InChI=1S/C31H25BrN4OS/c1-21-10-14-25(15-11-21)37-26-16-12-23(13-17-26)36-30(29(34-31(36)38)27-8-2-3-18-33-27)28-9-5-19-35(28)24-7-4-6-22(32)20-24/h2-20,29-30H,1H3,(H,34,38)/t29-,30+/m0/s1. The molecule has 0 radical (unpaired) electrons. The zero-order valence-electron chi connectivity index (χ0n) is 20.7. The van der Waals surface area contributed by atoms with Crippen molar-refractivity contribution in [1.82, 2.24) is 14.9 Å². The van der Waals surface area contributed by atoms with Gasteiger partial charge in [-0.1, -0.05) is 45.8 Å². The molecule has 0 aliphatic carbocycles. The third-order valence-corrected chi connectivity index (χ3v) is 7.45. The Bertz CT molecular complexity index is 1570. The van der Waals surface area contributed by atoms with Crippen LogP contribution in [0.5, 0.6) is 11.5 Å². The van der Waals surface area contributed by atoms with Crippen molar-refractivity contribution in [2.45, 2.75) is 19.0 Å². The first-order valence-electron chi connectivity index (χ1n) is 12.4. The van der Waals surface area contributed by atoms with E-state index >= 15 is 0 Å². The highest BCUT2D eigenvalue weighted by molar-refractivity contribution is 9.10. The first-order chi connectivity index (χ1) is 18.6. The molecule has 0 unspecified atom stereocenters. The second-order valence-electron chi connectivity index (χ2n) is 9.19. The second kappa shape index (κ2) is 10.4. The number of thiocarbonyl (C=S) groups is 1. The molecule has 1 aliphatic heterocycles. The Morgan fingerprint density at radius 2 is 1.61 bits per heavy atom. The fourth-order valence-electron chi connectivity index (χ4n) is 4.85. The lowest BCUT2D eigenvalue weighted by Crippen LogP contribution is -2.30. The van der Waals surface area contributed by atoms with E-state index in [-0.39, 0.29) is 12.1 Å². The third-order valence-electron chi connectivity index (χ3n) is 6.64. The van der Waals surface area contributed by atoms with Gasteiger partial charge in [-0.25, -0.2) is 0 Å². The minimum absolute atomic E-state index is 0.129. The van der Waals surface area contributed by atoms with Gasteiger partial charge in [-0.3, -0.25) is 4.98 Å². The maximum Gasteiger partial charge on any atom is 0.174 e. The molecule has 1 aliphatic rings. The largest absolute Gasteiger partial charge is 0.457 e. The molecule has 1 N–H and O–H groups in total. The van der Waals surface area contributed by atoms with Crippen LogP contribution in [0.1, 0.15) is 29.0 Å². The zero-order valence-corrected chi connectivity index (χ0v) is 23.1. The molecule has 188 valence electrons. The predicted octanol–water partition coefficient (Wildman–Crippen LogP) is 7.91. The summed E-state index contributed by atoms with van der Waals surface area (Å²) in [4.78, 5) is 6.86. The Balaban J connectivity index is 1.39. The summed E-state index contributed by atoms with van der Waals surface area (Å²) in [5, 5.41) is 4.20. The lowest BCUT2D eigenvalue weighted by molar-refractivity contribution is 0.482. The number of nitrogens with one attached hydrogen (secondary N) is 1. The monoisotopic (exact) mass is 580 g/mol. The number of aryl methyl sites for hydroxylation is 1. The van der Waals surface area contributed by atoms with Gasteiger partial charge < -0.3 is 19.5 Å². The predicted molar refractivity (Wildman–Crippen MR) is 159 cm³/mol. The molecule has 2 aromatic heterocycles. The van der Waals surface area contributed by atoms with Gasteiger partial charge in [-0.15, -0.1) is 0 Å². The fourth-order valence-corrected chi connectivity index (χ4v) is 5.58. The van der Waals surface area contributed by atoms with Gasteiger partial charge in [0.2, 0.25) is 0 Å². The van der Waals surface area contributed by atoms with Crippen LogP contribution in [0.2, 0.25) is 0 Å². The van der Waals surface area contributed by atoms with E-state index in [2.05, 4.69) is 85.2 Å². The van der Waals surface area contributed by atoms with Crippen molar-refractivity contribution in [2.75, 3.05) is 4.90 Å². The smallest absolute Gasteiger partial charge is 0.174 e. The molecular formula is C31H25BrN4OS. The highest BCUT2D eigenvalue weighted by Gasteiger charge is 2.42. The van der Waals surface area contributed by atoms with E-state index in [1.165, 1.54) is 5.56 Å². The summed E-state index contributed by atoms with van der Waals surface area (Å²) in [6.45, 7) is 2.06. The molecular weight excluding hydrogens is 556 g/mol. The van der Waals surface area contributed by atoms with E-state index in [1.54, 1.807) is 0 Å². The molecule has 6 rings (SSSR count). The normalized spacial score (nSPS) is 16.9. The summed E-state index contributed by atoms with van der Waals surface area (Å²) in [5.41, 5.74) is 5.28. The molecule has 38 heavy (non-hydrogen) atoms. The van der Waals surface area contributed by atoms with E-state index in [1.807, 2.05) is 72.9 Å². The van der Waals surface area contributed by atoms with Crippen LogP contribution in [-0.4, -0.2) is 14.7 Å². The molecule has 3 heterocycles. The molecule has 2 atom stereocenters. The number of hydrogen-bond acceptors (Lipinski definition) is 3. The summed E-state index contributed by atoms with van der Waals surface area (Å²) in [6, 6.07) is 34.4. The van der Waals surface area contributed by atoms with Crippen molar-refractivity contribution in [3.05, 3.63) is 137 Å². The first-order valence-corrected chi connectivity index (χ1v) is 13.6. The molecule has 1 saturated heterocycles. The van der Waals surface area contributed by atoms with Crippen LogP contribution in [0.3, 0.4) is 0 Å². The number of aromatic nitrogens is 2. The Labute approximate surface area is 235 Å². The number of hydrogen-bond donors (Lipinski definition) is 1. The zero-order chi connectivity index (χ0) is 26.1. The molecule has 0 bridgehead atoms. The van der Waals surface area contributed by atoms with Crippen molar-refractivity contribution in [3.8, 4) is 17.2 Å². The summed E-state index contributed by atoms with van der Waals surface area (Å²) in [6.07, 6.45) is 3.91. The Kier molecular flexibility index (Phi) is 6.70. The van der Waals surface area contributed by atoms with Crippen molar-refractivity contribution in [1.29, 1.82) is 0 Å². The van der Waals surface area contributed by atoms with Crippen molar-refractivity contribution in [2.24, 2.45) is 0 Å². The highest BCUT2D eigenvalue weighted by Crippen LogP contribution is 2.42. The number of ether oxygens (including phenoxy) is 1. The van der Waals surface area contributed by atoms with Crippen molar-refractivity contribution >= 4 is 38.9 Å². The van der Waals surface area contributed by atoms with Crippen molar-refractivity contribution in [3.63, 3.8) is 0 Å². The van der Waals surface area contributed by atoms with E-state index < -0.39 is 0 Å². The van der Waals surface area contributed by atoms with E-state index in [4.69, 9.17) is 17.0 Å². The molecule has 0 spiro atoms. The maximum absolute atomic E-state index is 6.07. The van der Waals surface area contributed by atoms with Crippen LogP contribution in [0.25, 0.3) is 5.69 Å². The number of anilines is 1. The van der Waals surface area contributed by atoms with Gasteiger partial charge in [0.15, 0.2) is 5.11 Å². The Morgan fingerprint density at radius 1 is 0.842 bits per heavy atom. The van der Waals surface area contributed by atoms with Gasteiger partial charge >= 0.3 is 0 Å². The van der Waals surface area contributed by atoms with E-state index in [0.717, 1.165) is 38.7 Å². The Hall–Kier alpha value is -3.94. The van der Waals surface area contributed by atoms with Gasteiger partial charge in [-0.2, -0.15) is 0 Å². The van der Waals surface area contributed by atoms with E-state index in [0.29, 0.717) is 5.11 Å². The quantitative estimate of drug-likeness (QED) is 0.207. The van der Waals surface area contributed by atoms with Gasteiger partial charge in [0.25, 0.3) is 0 Å². The van der Waals surface area contributed by atoms with Crippen LogP contribution in [0, 0.1) is 6.92 Å². The minimum Gasteiger partial charge on any atom is -0.457 e. The summed E-state index contributed by atoms with van der Waals surface area (Å²) < 4.78 is 9.31. The molecule has 1 fully saturated rings. The summed E-state index contributed by atoms with van der Waals surface area (Å²) in [5.74, 6) is 1.58. The lowest BCUT2D eigenvalue weighted by Gasteiger charge is -2.29. The fraction of sp³-hybridized carbons (Fsp3) is 0.0968. The first kappa shape index (κ1) is 24.4. The minimum atomic E-state index is -0.131. The molecule has 0 amide bonds. The average Bonchev–Trinajstić information content (AvgIpc) is 3.55. The third kappa shape index (κ3) is 4.83. The highest BCUT2D eigenvalue weighted by atomic mass is 79.9. The van der Waals surface area contributed by atoms with Crippen LogP contribution in [-0.2, 0) is 0 Å². The van der Waals surface area contributed by atoms with Gasteiger partial charge in [0.1, 0.15) is 17.5 Å².